The van der Waals surface area contributed by atoms with Crippen LogP contribution in [0.25, 0.3) is 0 Å². The van der Waals surface area contributed by atoms with Crippen LogP contribution in [0.3, 0.4) is 0 Å². The number of benzene rings is 1. The first-order valence-corrected chi connectivity index (χ1v) is 6.98. The van der Waals surface area contributed by atoms with Crippen molar-refractivity contribution in [2.45, 2.75) is 26.3 Å². The molecule has 3 heteroatoms. The predicted octanol–water partition coefficient (Wildman–Crippen LogP) is 3.94. The summed E-state index contributed by atoms with van der Waals surface area (Å²) in [7, 11) is 0. The van der Waals surface area contributed by atoms with Gasteiger partial charge in [-0.05, 0) is 49.7 Å². The second-order valence-electron chi connectivity index (χ2n) is 4.65. The highest BCUT2D eigenvalue weighted by Crippen LogP contribution is 2.19. The van der Waals surface area contributed by atoms with Crippen molar-refractivity contribution in [3.8, 4) is 0 Å². The topological polar surface area (TPSA) is 24.9 Å². The maximum atomic E-state index is 6.04. The van der Waals surface area contributed by atoms with Gasteiger partial charge >= 0.3 is 0 Å². The fourth-order valence-corrected chi connectivity index (χ4v) is 2.40. The van der Waals surface area contributed by atoms with Gasteiger partial charge in [0.25, 0.3) is 0 Å². The fourth-order valence-electron chi connectivity index (χ4n) is 2.19. The van der Waals surface area contributed by atoms with Crippen molar-refractivity contribution in [2.24, 2.45) is 0 Å². The minimum absolute atomic E-state index is 0.225. The third-order valence-corrected chi connectivity index (χ3v) is 3.28. The molecule has 0 aliphatic heterocycles. The predicted molar refractivity (Wildman–Crippen MR) is 80.5 cm³/mol. The lowest BCUT2D eigenvalue weighted by molar-refractivity contribution is 0.535. The Morgan fingerprint density at radius 3 is 2.68 bits per heavy atom. The highest BCUT2D eigenvalue weighted by atomic mass is 35.5. The summed E-state index contributed by atoms with van der Waals surface area (Å²) in [6.07, 6.45) is 0.894. The minimum Gasteiger partial charge on any atom is -0.309 e. The Morgan fingerprint density at radius 1 is 1.21 bits per heavy atom. The third kappa shape index (κ3) is 4.05. The molecule has 1 N–H and O–H groups in total. The second-order valence-corrected chi connectivity index (χ2v) is 5.08. The number of hydrogen-bond donors (Lipinski definition) is 1. The molecule has 0 saturated carbocycles. The zero-order chi connectivity index (χ0) is 13.7. The molecule has 100 valence electrons. The van der Waals surface area contributed by atoms with Gasteiger partial charge in [-0.3, -0.25) is 4.98 Å². The van der Waals surface area contributed by atoms with Crippen LogP contribution in [-0.2, 0) is 6.42 Å². The van der Waals surface area contributed by atoms with Gasteiger partial charge in [-0.2, -0.15) is 0 Å². The summed E-state index contributed by atoms with van der Waals surface area (Å²) < 4.78 is 0. The molecule has 0 spiro atoms. The molecule has 19 heavy (non-hydrogen) atoms. The van der Waals surface area contributed by atoms with Crippen molar-refractivity contribution >= 4 is 11.6 Å². The minimum atomic E-state index is 0.225. The van der Waals surface area contributed by atoms with Gasteiger partial charge in [0.05, 0.1) is 11.7 Å². The molecule has 0 bridgehead atoms. The zero-order valence-corrected chi connectivity index (χ0v) is 12.1. The van der Waals surface area contributed by atoms with Crippen molar-refractivity contribution in [3.63, 3.8) is 0 Å². The van der Waals surface area contributed by atoms with E-state index in [1.807, 2.05) is 31.2 Å². The highest BCUT2D eigenvalue weighted by molar-refractivity contribution is 6.30. The van der Waals surface area contributed by atoms with Crippen LogP contribution < -0.4 is 5.32 Å². The first kappa shape index (κ1) is 14.0. The van der Waals surface area contributed by atoms with E-state index < -0.39 is 0 Å². The number of nitrogens with one attached hydrogen (secondary N) is 1. The van der Waals surface area contributed by atoms with E-state index in [-0.39, 0.29) is 6.04 Å². The number of halogens is 1. The van der Waals surface area contributed by atoms with Crippen LogP contribution in [0.15, 0.2) is 42.5 Å². The maximum Gasteiger partial charge on any atom is 0.0579 e. The summed E-state index contributed by atoms with van der Waals surface area (Å²) >= 11 is 6.04. The number of aromatic nitrogens is 1. The van der Waals surface area contributed by atoms with Gasteiger partial charge in [-0.25, -0.2) is 0 Å². The molecule has 1 aromatic heterocycles. The zero-order valence-electron chi connectivity index (χ0n) is 11.4. The molecular weight excluding hydrogens is 256 g/mol. The molecule has 0 saturated heterocycles. The Morgan fingerprint density at radius 2 is 2.00 bits per heavy atom. The van der Waals surface area contributed by atoms with Crippen LogP contribution in [0.2, 0.25) is 5.02 Å². The molecule has 0 fully saturated rings. The molecule has 0 aliphatic rings. The lowest BCUT2D eigenvalue weighted by Crippen LogP contribution is -2.24. The average molecular weight is 275 g/mol. The van der Waals surface area contributed by atoms with Gasteiger partial charge in [-0.1, -0.05) is 36.7 Å². The van der Waals surface area contributed by atoms with Crippen LogP contribution >= 0.6 is 11.6 Å². The summed E-state index contributed by atoms with van der Waals surface area (Å²) in [5.74, 6) is 0. The molecule has 1 aromatic carbocycles. The van der Waals surface area contributed by atoms with Crippen molar-refractivity contribution in [3.05, 3.63) is 64.4 Å². The van der Waals surface area contributed by atoms with Crippen LogP contribution in [0.4, 0.5) is 0 Å². The van der Waals surface area contributed by atoms with Crippen LogP contribution in [0.5, 0.6) is 0 Å². The van der Waals surface area contributed by atoms with Crippen molar-refractivity contribution in [1.82, 2.24) is 10.3 Å². The third-order valence-electron chi connectivity index (χ3n) is 3.05. The second kappa shape index (κ2) is 6.69. The summed E-state index contributed by atoms with van der Waals surface area (Å²) in [4.78, 5) is 4.62. The van der Waals surface area contributed by atoms with Crippen LogP contribution in [0.1, 0.15) is 29.9 Å². The van der Waals surface area contributed by atoms with Crippen molar-refractivity contribution in [2.75, 3.05) is 6.54 Å². The van der Waals surface area contributed by atoms with E-state index in [4.69, 9.17) is 11.6 Å². The number of rotatable bonds is 5. The Balaban J connectivity index is 2.21. The smallest absolute Gasteiger partial charge is 0.0579 e. The lowest BCUT2D eigenvalue weighted by atomic mass is 10.0. The quantitative estimate of drug-likeness (QED) is 0.893. The largest absolute Gasteiger partial charge is 0.309 e. The highest BCUT2D eigenvalue weighted by Gasteiger charge is 2.12. The van der Waals surface area contributed by atoms with E-state index in [2.05, 4.69) is 35.4 Å². The summed E-state index contributed by atoms with van der Waals surface area (Å²) in [6.45, 7) is 5.05. The number of likely N-dealkylation sites (N-methyl/N-ethyl adjacent to an activating group) is 1. The monoisotopic (exact) mass is 274 g/mol. The van der Waals surface area contributed by atoms with Crippen molar-refractivity contribution in [1.29, 1.82) is 0 Å². The normalized spacial score (nSPS) is 12.4. The molecule has 2 nitrogen and oxygen atoms in total. The lowest BCUT2D eigenvalue weighted by Gasteiger charge is -2.18. The number of aryl methyl sites for hydroxylation is 1. The summed E-state index contributed by atoms with van der Waals surface area (Å²) in [6, 6.07) is 14.4. The molecule has 2 aromatic rings. The first-order valence-electron chi connectivity index (χ1n) is 6.60. The Bertz CT molecular complexity index is 540. The molecule has 0 amide bonds. The summed E-state index contributed by atoms with van der Waals surface area (Å²) in [5, 5.41) is 4.27. The summed E-state index contributed by atoms with van der Waals surface area (Å²) in [5.41, 5.74) is 3.36. The van der Waals surface area contributed by atoms with E-state index in [1.54, 1.807) is 0 Å². The van der Waals surface area contributed by atoms with Gasteiger partial charge in [0.2, 0.25) is 0 Å². The number of hydrogen-bond acceptors (Lipinski definition) is 2. The molecule has 1 atom stereocenters. The molecule has 1 heterocycles. The van der Waals surface area contributed by atoms with Gasteiger partial charge < -0.3 is 5.32 Å². The van der Waals surface area contributed by atoms with Gasteiger partial charge in [0.15, 0.2) is 0 Å². The molecule has 0 radical (unpaired) electrons. The SMILES string of the molecule is CCNC(Cc1cccc(Cl)c1)c1cccc(C)n1. The number of pyridine rings is 1. The van der Waals surface area contributed by atoms with E-state index in [9.17, 15) is 0 Å². The Hall–Kier alpha value is -1.38. The van der Waals surface area contributed by atoms with Crippen LogP contribution in [0, 0.1) is 6.92 Å². The first-order chi connectivity index (χ1) is 9.19. The van der Waals surface area contributed by atoms with Crippen molar-refractivity contribution < 1.29 is 0 Å². The van der Waals surface area contributed by atoms with E-state index in [0.717, 1.165) is 29.4 Å². The van der Waals surface area contributed by atoms with E-state index in [0.29, 0.717) is 0 Å². The maximum absolute atomic E-state index is 6.04. The molecule has 2 rings (SSSR count). The van der Waals surface area contributed by atoms with Gasteiger partial charge in [-0.15, -0.1) is 0 Å². The number of nitrogens with zero attached hydrogens (tertiary/aromatic N) is 1. The molecular formula is C16H19ClN2. The molecule has 1 unspecified atom stereocenters. The Kier molecular flexibility index (Phi) is 4.94. The Labute approximate surface area is 119 Å². The standard InChI is InChI=1S/C16H19ClN2/c1-3-18-16(15-9-4-6-12(2)19-15)11-13-7-5-8-14(17)10-13/h4-10,16,18H,3,11H2,1-2H3. The molecule has 0 aliphatic carbocycles. The van der Waals surface area contributed by atoms with Gasteiger partial charge in [0.1, 0.15) is 0 Å². The average Bonchev–Trinajstić information content (AvgIpc) is 2.38. The van der Waals surface area contributed by atoms with E-state index >= 15 is 0 Å². The van der Waals surface area contributed by atoms with Crippen LogP contribution in [-0.4, -0.2) is 11.5 Å². The fraction of sp³-hybridized carbons (Fsp3) is 0.312. The van der Waals surface area contributed by atoms with Gasteiger partial charge in [0, 0.05) is 10.7 Å². The van der Waals surface area contributed by atoms with E-state index in [1.165, 1.54) is 5.56 Å².